The van der Waals surface area contributed by atoms with Crippen molar-refractivity contribution >= 4 is 33.3 Å². The van der Waals surface area contributed by atoms with Crippen LogP contribution in [0.25, 0.3) is 10.1 Å². The smallest absolute Gasteiger partial charge is 0.393 e. The lowest BCUT2D eigenvalue weighted by Gasteiger charge is -2.17. The number of thiophene rings is 1. The van der Waals surface area contributed by atoms with Crippen LogP contribution in [0.4, 0.5) is 23.2 Å². The van der Waals surface area contributed by atoms with Gasteiger partial charge in [0.15, 0.2) is 0 Å². The zero-order chi connectivity index (χ0) is 22.1. The molecule has 2 aromatic rings. The van der Waals surface area contributed by atoms with Gasteiger partial charge in [0.05, 0.1) is 40.5 Å². The number of aliphatic hydroxyl groups is 1. The predicted molar refractivity (Wildman–Crippen MR) is 111 cm³/mol. The molecule has 3 atom stereocenters. The highest BCUT2D eigenvalue weighted by atomic mass is 32.1. The van der Waals surface area contributed by atoms with E-state index in [9.17, 15) is 22.7 Å². The second-order valence-electron chi connectivity index (χ2n) is 7.88. The minimum atomic E-state index is -4.41. The van der Waals surface area contributed by atoms with Crippen molar-refractivity contribution in [3.8, 4) is 0 Å². The van der Waals surface area contributed by atoms with Crippen LogP contribution < -0.4 is 10.6 Å². The molecule has 0 radical (unpaired) electrons. The van der Waals surface area contributed by atoms with Gasteiger partial charge in [-0.05, 0) is 17.0 Å². The molecule has 6 nitrogen and oxygen atoms in total. The van der Waals surface area contributed by atoms with E-state index < -0.39 is 30.4 Å². The first-order chi connectivity index (χ1) is 14.7. The Labute approximate surface area is 180 Å². The fraction of sp³-hybridized carbons (Fsp3) is 0.550. The number of nitrogens with one attached hydrogen (secondary N) is 2. The van der Waals surface area contributed by atoms with E-state index in [1.165, 1.54) is 6.21 Å². The lowest BCUT2D eigenvalue weighted by atomic mass is 10.1. The summed E-state index contributed by atoms with van der Waals surface area (Å²) >= 11 is 1.14. The van der Waals surface area contributed by atoms with Crippen LogP contribution in [-0.2, 0) is 16.0 Å². The standard InChI is InChI=1S/C20H23F4N3O3S/c21-14-7-25-8-16(14)27-15-3-1-2-12-13(6-20(22,23)24)17(31-18(12)15)9-26-30-11-19(28)4-5-29-10-19/h1-3,9,14,16,25,27-28H,4-8,10-11H2/b26-9+/t14-,16+,19?/m0/s1. The molecule has 1 aromatic heterocycles. The number of ether oxygens (including phenoxy) is 1. The van der Waals surface area contributed by atoms with Crippen LogP contribution in [0.2, 0.25) is 0 Å². The molecule has 1 aromatic carbocycles. The summed E-state index contributed by atoms with van der Waals surface area (Å²) in [6.07, 6.45) is -4.96. The van der Waals surface area contributed by atoms with Crippen molar-refractivity contribution in [3.63, 3.8) is 0 Å². The third kappa shape index (κ3) is 5.28. The molecule has 2 fully saturated rings. The summed E-state index contributed by atoms with van der Waals surface area (Å²) in [5.74, 6) is 0. The summed E-state index contributed by atoms with van der Waals surface area (Å²) in [6.45, 7) is 1.12. The van der Waals surface area contributed by atoms with Gasteiger partial charge in [0.25, 0.3) is 0 Å². The lowest BCUT2D eigenvalue weighted by Crippen LogP contribution is -2.34. The number of oxime groups is 1. The number of anilines is 1. The van der Waals surface area contributed by atoms with Crippen molar-refractivity contribution in [2.75, 3.05) is 38.2 Å². The largest absolute Gasteiger partial charge is 0.393 e. The summed E-state index contributed by atoms with van der Waals surface area (Å²) in [7, 11) is 0. The predicted octanol–water partition coefficient (Wildman–Crippen LogP) is 3.23. The molecular weight excluding hydrogens is 438 g/mol. The maximum absolute atomic E-state index is 14.0. The first kappa shape index (κ1) is 22.3. The molecule has 0 saturated carbocycles. The molecule has 0 bridgehead atoms. The first-order valence-electron chi connectivity index (χ1n) is 9.92. The molecule has 0 amide bonds. The Hall–Kier alpha value is -1.95. The molecule has 3 N–H and O–H groups in total. The Morgan fingerprint density at radius 2 is 2.23 bits per heavy atom. The van der Waals surface area contributed by atoms with Crippen molar-refractivity contribution < 1.29 is 32.2 Å². The van der Waals surface area contributed by atoms with Gasteiger partial charge in [0.1, 0.15) is 18.4 Å². The molecule has 170 valence electrons. The second kappa shape index (κ2) is 8.89. The molecule has 0 spiro atoms. The molecule has 11 heteroatoms. The van der Waals surface area contributed by atoms with E-state index in [-0.39, 0.29) is 25.3 Å². The maximum atomic E-state index is 14.0. The SMILES string of the molecule is OC1(CO/N=C/c2sc3c(N[C@@H]4CNC[C@@H]4F)cccc3c2CC(F)(F)F)CCOC1. The van der Waals surface area contributed by atoms with E-state index in [1.807, 2.05) is 0 Å². The normalized spacial score (nSPS) is 26.9. The number of alkyl halides is 4. The average molecular weight is 461 g/mol. The Bertz CT molecular complexity index is 944. The van der Waals surface area contributed by atoms with Crippen LogP contribution in [0.1, 0.15) is 16.9 Å². The Kier molecular flexibility index (Phi) is 6.38. The Morgan fingerprint density at radius 3 is 2.90 bits per heavy atom. The molecular formula is C20H23F4N3O3S. The van der Waals surface area contributed by atoms with E-state index in [1.54, 1.807) is 18.2 Å². The van der Waals surface area contributed by atoms with Gasteiger partial charge >= 0.3 is 6.18 Å². The number of nitrogens with zero attached hydrogens (tertiary/aromatic N) is 1. The van der Waals surface area contributed by atoms with Gasteiger partial charge in [-0.15, -0.1) is 11.3 Å². The van der Waals surface area contributed by atoms with E-state index in [2.05, 4.69) is 15.8 Å². The Balaban J connectivity index is 1.60. The topological polar surface area (TPSA) is 75.1 Å². The van der Waals surface area contributed by atoms with Gasteiger partial charge in [0.2, 0.25) is 0 Å². The van der Waals surface area contributed by atoms with Crippen LogP contribution in [0.15, 0.2) is 23.4 Å². The van der Waals surface area contributed by atoms with Crippen molar-refractivity contribution in [3.05, 3.63) is 28.6 Å². The number of rotatable bonds is 7. The molecule has 4 rings (SSSR count). The summed E-state index contributed by atoms with van der Waals surface area (Å²) < 4.78 is 59.5. The van der Waals surface area contributed by atoms with Crippen LogP contribution in [0.5, 0.6) is 0 Å². The number of hydrogen-bond donors (Lipinski definition) is 3. The van der Waals surface area contributed by atoms with Crippen molar-refractivity contribution in [2.24, 2.45) is 5.16 Å². The molecule has 2 aliphatic rings. The molecule has 2 aliphatic heterocycles. The second-order valence-corrected chi connectivity index (χ2v) is 8.93. The van der Waals surface area contributed by atoms with Crippen LogP contribution in [-0.4, -0.2) is 68.2 Å². The van der Waals surface area contributed by atoms with Gasteiger partial charge in [-0.25, -0.2) is 4.39 Å². The zero-order valence-corrected chi connectivity index (χ0v) is 17.4. The summed E-state index contributed by atoms with van der Waals surface area (Å²) in [6, 6.07) is 4.55. The van der Waals surface area contributed by atoms with Gasteiger partial charge in [-0.2, -0.15) is 13.2 Å². The maximum Gasteiger partial charge on any atom is 0.393 e. The number of fused-ring (bicyclic) bond motifs is 1. The third-order valence-corrected chi connectivity index (χ3v) is 6.58. The summed E-state index contributed by atoms with van der Waals surface area (Å²) in [5.41, 5.74) is -0.463. The van der Waals surface area contributed by atoms with Gasteiger partial charge in [-0.3, -0.25) is 0 Å². The van der Waals surface area contributed by atoms with Crippen LogP contribution in [0.3, 0.4) is 0 Å². The fourth-order valence-corrected chi connectivity index (χ4v) is 4.89. The van der Waals surface area contributed by atoms with E-state index in [0.29, 0.717) is 40.2 Å². The molecule has 0 aliphatic carbocycles. The highest BCUT2D eigenvalue weighted by Crippen LogP contribution is 2.39. The van der Waals surface area contributed by atoms with Gasteiger partial charge in [-0.1, -0.05) is 17.3 Å². The molecule has 3 heterocycles. The van der Waals surface area contributed by atoms with Crippen molar-refractivity contribution in [2.45, 2.75) is 36.8 Å². The fourth-order valence-electron chi connectivity index (χ4n) is 3.73. The first-order valence-corrected chi connectivity index (χ1v) is 10.7. The zero-order valence-electron chi connectivity index (χ0n) is 16.5. The van der Waals surface area contributed by atoms with Gasteiger partial charge in [0, 0.05) is 26.1 Å². The summed E-state index contributed by atoms with van der Waals surface area (Å²) in [4.78, 5) is 5.45. The van der Waals surface area contributed by atoms with Gasteiger partial charge < -0.3 is 25.3 Å². The molecule has 31 heavy (non-hydrogen) atoms. The number of benzene rings is 1. The lowest BCUT2D eigenvalue weighted by molar-refractivity contribution is -0.126. The number of hydrogen-bond acceptors (Lipinski definition) is 7. The van der Waals surface area contributed by atoms with Crippen molar-refractivity contribution in [1.82, 2.24) is 5.32 Å². The highest BCUT2D eigenvalue weighted by molar-refractivity contribution is 7.21. The monoisotopic (exact) mass is 461 g/mol. The third-order valence-electron chi connectivity index (χ3n) is 5.37. The molecule has 1 unspecified atom stereocenters. The quantitative estimate of drug-likeness (QED) is 0.336. The van der Waals surface area contributed by atoms with E-state index >= 15 is 0 Å². The van der Waals surface area contributed by atoms with Crippen LogP contribution >= 0.6 is 11.3 Å². The highest BCUT2D eigenvalue weighted by Gasteiger charge is 2.34. The minimum Gasteiger partial charge on any atom is -0.393 e. The van der Waals surface area contributed by atoms with Crippen LogP contribution in [0, 0.1) is 0 Å². The van der Waals surface area contributed by atoms with Crippen molar-refractivity contribution in [1.29, 1.82) is 0 Å². The number of halogens is 4. The van der Waals surface area contributed by atoms with E-state index in [0.717, 1.165) is 11.3 Å². The average Bonchev–Trinajstić information content (AvgIpc) is 3.40. The summed E-state index contributed by atoms with van der Waals surface area (Å²) in [5, 5.41) is 20.5. The molecule has 2 saturated heterocycles. The van der Waals surface area contributed by atoms with E-state index in [4.69, 9.17) is 9.57 Å². The Morgan fingerprint density at radius 1 is 1.39 bits per heavy atom. The minimum absolute atomic E-state index is 0.0905.